The van der Waals surface area contributed by atoms with E-state index >= 15 is 0 Å². The molecular formula is C25H28FN3O3S. The summed E-state index contributed by atoms with van der Waals surface area (Å²) < 4.78 is 24.7. The summed E-state index contributed by atoms with van der Waals surface area (Å²) in [5, 5.41) is 3.81. The topological polar surface area (TPSA) is 63.7 Å². The second kappa shape index (κ2) is 10.9. The van der Waals surface area contributed by atoms with Gasteiger partial charge in [0.1, 0.15) is 28.1 Å². The largest absolute Gasteiger partial charge is 0.486 e. The van der Waals surface area contributed by atoms with Crippen LogP contribution in [0.1, 0.15) is 37.5 Å². The van der Waals surface area contributed by atoms with E-state index < -0.39 is 0 Å². The van der Waals surface area contributed by atoms with Gasteiger partial charge >= 0.3 is 0 Å². The third kappa shape index (κ3) is 6.16. The summed E-state index contributed by atoms with van der Waals surface area (Å²) in [7, 11) is 0. The molecule has 1 aliphatic heterocycles. The zero-order chi connectivity index (χ0) is 23.2. The Morgan fingerprint density at radius 1 is 1.15 bits per heavy atom. The molecule has 1 amide bonds. The summed E-state index contributed by atoms with van der Waals surface area (Å²) in [5.41, 5.74) is 2.82. The normalized spacial score (nSPS) is 15.2. The molecule has 2 heterocycles. The highest BCUT2D eigenvalue weighted by Gasteiger charge is 2.24. The molecule has 1 aliphatic rings. The second-order valence-electron chi connectivity index (χ2n) is 8.05. The Balaban J connectivity index is 1.40. The van der Waals surface area contributed by atoms with Gasteiger partial charge in [-0.1, -0.05) is 29.8 Å². The highest BCUT2D eigenvalue weighted by Crippen LogP contribution is 2.24. The van der Waals surface area contributed by atoms with Crippen molar-refractivity contribution in [2.45, 2.75) is 26.5 Å². The van der Waals surface area contributed by atoms with Gasteiger partial charge in [-0.15, -0.1) is 11.3 Å². The maximum Gasteiger partial charge on any atom is 0.263 e. The lowest BCUT2D eigenvalue weighted by atomic mass is 10.0. The van der Waals surface area contributed by atoms with E-state index in [9.17, 15) is 9.18 Å². The van der Waals surface area contributed by atoms with Crippen LogP contribution in [0.5, 0.6) is 5.75 Å². The van der Waals surface area contributed by atoms with Crippen LogP contribution in [0, 0.1) is 19.7 Å². The third-order valence-corrected chi connectivity index (χ3v) is 6.76. The molecule has 3 aromatic rings. The second-order valence-corrected chi connectivity index (χ2v) is 9.13. The molecule has 6 nitrogen and oxygen atoms in total. The number of nitrogens with one attached hydrogen (secondary N) is 1. The Hall–Kier alpha value is -2.81. The number of rotatable bonds is 8. The van der Waals surface area contributed by atoms with Gasteiger partial charge in [0.15, 0.2) is 0 Å². The fraction of sp³-hybridized carbons (Fsp3) is 0.360. The van der Waals surface area contributed by atoms with Gasteiger partial charge in [-0.05, 0) is 43.7 Å². The van der Waals surface area contributed by atoms with Crippen molar-refractivity contribution in [1.29, 1.82) is 0 Å². The Labute approximate surface area is 197 Å². The summed E-state index contributed by atoms with van der Waals surface area (Å²) in [6, 6.07) is 14.2. The molecule has 1 saturated heterocycles. The Kier molecular flexibility index (Phi) is 7.69. The Bertz CT molecular complexity index is 1060. The average Bonchev–Trinajstić information content (AvgIpc) is 3.21. The van der Waals surface area contributed by atoms with E-state index in [4.69, 9.17) is 9.47 Å². The molecule has 0 bridgehead atoms. The van der Waals surface area contributed by atoms with Crippen molar-refractivity contribution >= 4 is 17.2 Å². The number of hydrogen-bond donors (Lipinski definition) is 1. The molecule has 0 aliphatic carbocycles. The van der Waals surface area contributed by atoms with E-state index in [1.165, 1.54) is 29.0 Å². The van der Waals surface area contributed by atoms with Gasteiger partial charge in [0, 0.05) is 19.6 Å². The lowest BCUT2D eigenvalue weighted by molar-refractivity contribution is 0.0162. The first-order valence-electron chi connectivity index (χ1n) is 11.0. The molecule has 2 aromatic carbocycles. The summed E-state index contributed by atoms with van der Waals surface area (Å²) in [6.45, 7) is 7.40. The number of hydrogen-bond acceptors (Lipinski definition) is 6. The lowest BCUT2D eigenvalue weighted by Gasteiger charge is -2.34. The highest BCUT2D eigenvalue weighted by atomic mass is 32.1. The summed E-state index contributed by atoms with van der Waals surface area (Å²) in [4.78, 5) is 20.3. The van der Waals surface area contributed by atoms with Gasteiger partial charge < -0.3 is 14.8 Å². The number of aryl methyl sites for hydroxylation is 2. The van der Waals surface area contributed by atoms with E-state index in [1.807, 2.05) is 38.1 Å². The van der Waals surface area contributed by atoms with Gasteiger partial charge in [0.25, 0.3) is 5.91 Å². The average molecular weight is 470 g/mol. The minimum Gasteiger partial charge on any atom is -0.486 e. The monoisotopic (exact) mass is 469 g/mol. The van der Waals surface area contributed by atoms with Crippen molar-refractivity contribution in [2.24, 2.45) is 0 Å². The molecule has 1 atom stereocenters. The maximum atomic E-state index is 13.4. The summed E-state index contributed by atoms with van der Waals surface area (Å²) >= 11 is 1.34. The number of carbonyl (C=O) groups is 1. The van der Waals surface area contributed by atoms with E-state index in [1.54, 1.807) is 12.1 Å². The molecule has 1 aromatic heterocycles. The number of halogens is 1. The first-order valence-corrected chi connectivity index (χ1v) is 11.8. The molecule has 0 saturated carbocycles. The van der Waals surface area contributed by atoms with Crippen molar-refractivity contribution in [3.05, 3.63) is 81.1 Å². The molecule has 33 heavy (non-hydrogen) atoms. The smallest absolute Gasteiger partial charge is 0.263 e. The molecule has 8 heteroatoms. The lowest BCUT2D eigenvalue weighted by Crippen LogP contribution is -2.43. The number of nitrogens with zero attached hydrogens (tertiary/aromatic N) is 2. The molecule has 174 valence electrons. The van der Waals surface area contributed by atoms with Crippen LogP contribution in [-0.4, -0.2) is 48.6 Å². The van der Waals surface area contributed by atoms with Crippen LogP contribution in [0.15, 0.2) is 48.5 Å². The van der Waals surface area contributed by atoms with Gasteiger partial charge in [-0.25, -0.2) is 9.37 Å². The number of thiazole rings is 1. The van der Waals surface area contributed by atoms with E-state index in [0.29, 0.717) is 36.9 Å². The predicted molar refractivity (Wildman–Crippen MR) is 126 cm³/mol. The van der Waals surface area contributed by atoms with Crippen molar-refractivity contribution in [2.75, 3.05) is 32.8 Å². The van der Waals surface area contributed by atoms with Crippen LogP contribution in [0.2, 0.25) is 0 Å². The summed E-state index contributed by atoms with van der Waals surface area (Å²) in [5.74, 6) is 0.336. The molecule has 4 rings (SSSR count). The molecule has 1 fully saturated rings. The van der Waals surface area contributed by atoms with Crippen LogP contribution >= 0.6 is 11.3 Å². The number of carbonyl (C=O) groups excluding carboxylic acids is 1. The minimum absolute atomic E-state index is 0.0592. The molecule has 0 spiro atoms. The predicted octanol–water partition coefficient (Wildman–Crippen LogP) is 4.28. The molecular weight excluding hydrogens is 441 g/mol. The van der Waals surface area contributed by atoms with Crippen LogP contribution in [0.3, 0.4) is 0 Å². The van der Waals surface area contributed by atoms with E-state index in [2.05, 4.69) is 15.2 Å². The quantitative estimate of drug-likeness (QED) is 0.534. The fourth-order valence-electron chi connectivity index (χ4n) is 3.81. The van der Waals surface area contributed by atoms with Crippen LogP contribution in [0.4, 0.5) is 4.39 Å². The van der Waals surface area contributed by atoms with Gasteiger partial charge in [0.05, 0.1) is 24.9 Å². The zero-order valence-corrected chi connectivity index (χ0v) is 19.7. The SMILES string of the molecule is Cc1ccc(OCc2nc(C)c(C(=O)NC[C@H](c3ccc(F)cc3)N3CCOCC3)s2)cc1. The third-order valence-electron chi connectivity index (χ3n) is 5.63. The van der Waals surface area contributed by atoms with Gasteiger partial charge in [-0.3, -0.25) is 9.69 Å². The molecule has 1 N–H and O–H groups in total. The van der Waals surface area contributed by atoms with Crippen LogP contribution < -0.4 is 10.1 Å². The molecule has 0 unspecified atom stereocenters. The van der Waals surface area contributed by atoms with Gasteiger partial charge in [0.2, 0.25) is 0 Å². The van der Waals surface area contributed by atoms with Crippen LogP contribution in [-0.2, 0) is 11.3 Å². The fourth-order valence-corrected chi connectivity index (χ4v) is 4.70. The van der Waals surface area contributed by atoms with Crippen molar-refractivity contribution in [3.63, 3.8) is 0 Å². The number of aromatic nitrogens is 1. The maximum absolute atomic E-state index is 13.4. The van der Waals surface area contributed by atoms with Crippen molar-refractivity contribution in [3.8, 4) is 5.75 Å². The number of benzene rings is 2. The minimum atomic E-state index is -0.274. The van der Waals surface area contributed by atoms with E-state index in [-0.39, 0.29) is 17.8 Å². The number of amides is 1. The standard InChI is InChI=1S/C25H28FN3O3S/c1-17-3-9-21(10-4-17)32-16-23-28-18(2)24(33-23)25(30)27-15-22(29-11-13-31-14-12-29)19-5-7-20(26)8-6-19/h3-10,22H,11-16H2,1-2H3,(H,27,30)/t22-/m1/s1. The number of ether oxygens (including phenoxy) is 2. The first-order chi connectivity index (χ1) is 16.0. The molecule has 0 radical (unpaired) electrons. The highest BCUT2D eigenvalue weighted by molar-refractivity contribution is 7.13. The van der Waals surface area contributed by atoms with Crippen molar-refractivity contribution in [1.82, 2.24) is 15.2 Å². The van der Waals surface area contributed by atoms with E-state index in [0.717, 1.165) is 29.4 Å². The first kappa shape index (κ1) is 23.4. The number of morpholine rings is 1. The zero-order valence-electron chi connectivity index (χ0n) is 18.8. The van der Waals surface area contributed by atoms with Crippen LogP contribution in [0.25, 0.3) is 0 Å². The summed E-state index contributed by atoms with van der Waals surface area (Å²) in [6.07, 6.45) is 0. The Morgan fingerprint density at radius 2 is 1.85 bits per heavy atom. The Morgan fingerprint density at radius 3 is 2.55 bits per heavy atom. The van der Waals surface area contributed by atoms with Gasteiger partial charge in [-0.2, -0.15) is 0 Å². The van der Waals surface area contributed by atoms with Crippen molar-refractivity contribution < 1.29 is 18.7 Å².